The van der Waals surface area contributed by atoms with Crippen LogP contribution in [0.25, 0.3) is 0 Å². The second kappa shape index (κ2) is 2.47. The fraction of sp³-hybridized carbons (Fsp3) is 0.857. The van der Waals surface area contributed by atoms with E-state index in [4.69, 9.17) is 0 Å². The van der Waals surface area contributed by atoms with Crippen molar-refractivity contribution >= 4 is 13.9 Å². The molecule has 0 unspecified atom stereocenters. The molecule has 1 fully saturated rings. The standard InChI is InChI=1S/C7H15NOSi/c1-6(9)7-4-10(2,3)5-8-7/h7-8H,4-5H2,1-3H3/t7-/m0/s1. The van der Waals surface area contributed by atoms with Crippen molar-refractivity contribution in [2.45, 2.75) is 32.1 Å². The van der Waals surface area contributed by atoms with Crippen LogP contribution < -0.4 is 5.32 Å². The van der Waals surface area contributed by atoms with Crippen LogP contribution in [0.1, 0.15) is 6.92 Å². The van der Waals surface area contributed by atoms with Crippen LogP contribution in [0.4, 0.5) is 0 Å². The molecule has 0 radical (unpaired) electrons. The van der Waals surface area contributed by atoms with Crippen LogP contribution in [0.3, 0.4) is 0 Å². The van der Waals surface area contributed by atoms with Crippen LogP contribution in [-0.2, 0) is 4.79 Å². The molecule has 1 atom stereocenters. The van der Waals surface area contributed by atoms with Gasteiger partial charge in [0, 0.05) is 0 Å². The summed E-state index contributed by atoms with van der Waals surface area (Å²) in [5.74, 6) is 0.304. The Bertz CT molecular complexity index is 156. The van der Waals surface area contributed by atoms with E-state index in [9.17, 15) is 4.79 Å². The van der Waals surface area contributed by atoms with E-state index in [0.29, 0.717) is 5.78 Å². The molecule has 0 aromatic carbocycles. The van der Waals surface area contributed by atoms with Gasteiger partial charge in [0.05, 0.1) is 14.1 Å². The molecule has 0 aromatic heterocycles. The number of carbonyl (C=O) groups is 1. The average molecular weight is 157 g/mol. The van der Waals surface area contributed by atoms with E-state index in [1.54, 1.807) is 6.92 Å². The molecule has 3 heteroatoms. The second-order valence-electron chi connectivity index (χ2n) is 3.91. The predicted molar refractivity (Wildman–Crippen MR) is 44.8 cm³/mol. The van der Waals surface area contributed by atoms with Gasteiger partial charge in [-0.1, -0.05) is 13.1 Å². The first-order chi connectivity index (χ1) is 4.51. The molecule has 1 aliphatic rings. The van der Waals surface area contributed by atoms with Gasteiger partial charge in [-0.05, 0) is 19.1 Å². The first-order valence-electron chi connectivity index (χ1n) is 3.75. The van der Waals surface area contributed by atoms with Crippen LogP contribution in [0.2, 0.25) is 19.1 Å². The highest BCUT2D eigenvalue weighted by molar-refractivity contribution is 6.78. The van der Waals surface area contributed by atoms with Gasteiger partial charge >= 0.3 is 0 Å². The summed E-state index contributed by atoms with van der Waals surface area (Å²) < 4.78 is 0. The van der Waals surface area contributed by atoms with Crippen molar-refractivity contribution < 1.29 is 4.79 Å². The summed E-state index contributed by atoms with van der Waals surface area (Å²) in [7, 11) is -0.998. The number of hydrogen-bond acceptors (Lipinski definition) is 2. The second-order valence-corrected chi connectivity index (χ2v) is 9.00. The quantitative estimate of drug-likeness (QED) is 0.570. The number of hydrogen-bond donors (Lipinski definition) is 1. The van der Waals surface area contributed by atoms with Crippen LogP contribution in [-0.4, -0.2) is 26.1 Å². The first kappa shape index (κ1) is 7.95. The summed E-state index contributed by atoms with van der Waals surface area (Å²) >= 11 is 0. The lowest BCUT2D eigenvalue weighted by Gasteiger charge is -2.10. The van der Waals surface area contributed by atoms with E-state index in [1.807, 2.05) is 0 Å². The van der Waals surface area contributed by atoms with Gasteiger partial charge in [-0.2, -0.15) is 0 Å². The molecule has 1 rings (SSSR count). The Kier molecular flexibility index (Phi) is 1.96. The predicted octanol–water partition coefficient (Wildman–Crippen LogP) is 0.795. The van der Waals surface area contributed by atoms with E-state index in [1.165, 1.54) is 0 Å². The average Bonchev–Trinajstić information content (AvgIpc) is 2.10. The van der Waals surface area contributed by atoms with E-state index in [2.05, 4.69) is 18.4 Å². The third-order valence-electron chi connectivity index (χ3n) is 2.07. The third kappa shape index (κ3) is 1.67. The van der Waals surface area contributed by atoms with Gasteiger partial charge < -0.3 is 5.32 Å². The molecule has 1 N–H and O–H groups in total. The Hall–Kier alpha value is -0.153. The lowest BCUT2D eigenvalue weighted by molar-refractivity contribution is -0.118. The normalized spacial score (nSPS) is 30.5. The molecule has 0 aromatic rings. The molecule has 0 aliphatic carbocycles. The van der Waals surface area contributed by atoms with Gasteiger partial charge in [0.15, 0.2) is 0 Å². The van der Waals surface area contributed by atoms with Crippen LogP contribution in [0, 0.1) is 0 Å². The lowest BCUT2D eigenvalue weighted by Crippen LogP contribution is -2.29. The van der Waals surface area contributed by atoms with Crippen molar-refractivity contribution in [3.63, 3.8) is 0 Å². The molecule has 0 spiro atoms. The number of Topliss-reactive ketones (excluding diaryl/α,β-unsaturated/α-hetero) is 1. The van der Waals surface area contributed by atoms with Crippen molar-refractivity contribution in [2.24, 2.45) is 0 Å². The first-order valence-corrected chi connectivity index (χ1v) is 7.16. The minimum Gasteiger partial charge on any atom is -0.311 e. The van der Waals surface area contributed by atoms with Crippen molar-refractivity contribution in [3.05, 3.63) is 0 Å². The zero-order valence-corrected chi connectivity index (χ0v) is 7.90. The highest BCUT2D eigenvalue weighted by atomic mass is 28.3. The van der Waals surface area contributed by atoms with Crippen molar-refractivity contribution in [3.8, 4) is 0 Å². The molecule has 2 nitrogen and oxygen atoms in total. The van der Waals surface area contributed by atoms with E-state index >= 15 is 0 Å². The van der Waals surface area contributed by atoms with E-state index < -0.39 is 8.07 Å². The number of nitrogens with one attached hydrogen (secondary N) is 1. The summed E-state index contributed by atoms with van der Waals surface area (Å²) in [6.45, 7) is 6.32. The highest BCUT2D eigenvalue weighted by Crippen LogP contribution is 2.18. The number of ketones is 1. The SMILES string of the molecule is CC(=O)[C@@H]1C[Si](C)(C)CN1. The van der Waals surface area contributed by atoms with Crippen molar-refractivity contribution in [1.82, 2.24) is 5.32 Å². The molecule has 10 heavy (non-hydrogen) atoms. The molecule has 1 saturated heterocycles. The zero-order chi connectivity index (χ0) is 7.78. The minimum atomic E-state index is -0.998. The maximum Gasteiger partial charge on any atom is 0.146 e. The Morgan fingerprint density at radius 1 is 1.60 bits per heavy atom. The summed E-state index contributed by atoms with van der Waals surface area (Å²) in [4.78, 5) is 10.9. The van der Waals surface area contributed by atoms with Gasteiger partial charge in [0.1, 0.15) is 5.78 Å². The van der Waals surface area contributed by atoms with Crippen LogP contribution in [0.15, 0.2) is 0 Å². The molecule has 58 valence electrons. The van der Waals surface area contributed by atoms with Gasteiger partial charge in [0.25, 0.3) is 0 Å². The van der Waals surface area contributed by atoms with Gasteiger partial charge in [-0.15, -0.1) is 0 Å². The Balaban J connectivity index is 2.51. The summed E-state index contributed by atoms with van der Waals surface area (Å²) in [5, 5.41) is 3.26. The van der Waals surface area contributed by atoms with Crippen molar-refractivity contribution in [2.75, 3.05) is 6.17 Å². The monoisotopic (exact) mass is 157 g/mol. The fourth-order valence-electron chi connectivity index (χ4n) is 1.38. The van der Waals surface area contributed by atoms with Crippen molar-refractivity contribution in [1.29, 1.82) is 0 Å². The van der Waals surface area contributed by atoms with Crippen LogP contribution >= 0.6 is 0 Å². The van der Waals surface area contributed by atoms with E-state index in [0.717, 1.165) is 12.2 Å². The third-order valence-corrected chi connectivity index (χ3v) is 4.75. The smallest absolute Gasteiger partial charge is 0.146 e. The lowest BCUT2D eigenvalue weighted by atomic mass is 10.2. The van der Waals surface area contributed by atoms with Gasteiger partial charge in [-0.3, -0.25) is 4.79 Å². The topological polar surface area (TPSA) is 29.1 Å². The minimum absolute atomic E-state index is 0.182. The molecule has 0 bridgehead atoms. The Morgan fingerprint density at radius 3 is 2.40 bits per heavy atom. The van der Waals surface area contributed by atoms with E-state index in [-0.39, 0.29) is 6.04 Å². The molecule has 0 amide bonds. The Labute approximate surface area is 63.0 Å². The molecule has 0 saturated carbocycles. The van der Waals surface area contributed by atoms with Crippen LogP contribution in [0.5, 0.6) is 0 Å². The maximum absolute atomic E-state index is 10.9. The largest absolute Gasteiger partial charge is 0.311 e. The number of carbonyl (C=O) groups excluding carboxylic acids is 1. The summed E-state index contributed by atoms with van der Waals surface area (Å²) in [5.41, 5.74) is 0. The molecule has 1 aliphatic heterocycles. The fourth-order valence-corrected chi connectivity index (χ4v) is 3.86. The Morgan fingerprint density at radius 2 is 2.20 bits per heavy atom. The summed E-state index contributed by atoms with van der Waals surface area (Å²) in [6, 6.07) is 1.31. The maximum atomic E-state index is 10.9. The van der Waals surface area contributed by atoms with Gasteiger partial charge in [-0.25, -0.2) is 0 Å². The molecular formula is C7H15NOSi. The molecule has 1 heterocycles. The highest BCUT2D eigenvalue weighted by Gasteiger charge is 2.34. The number of rotatable bonds is 1. The summed E-state index contributed by atoms with van der Waals surface area (Å²) in [6.07, 6.45) is 1.11. The van der Waals surface area contributed by atoms with Gasteiger partial charge in [0.2, 0.25) is 0 Å². The molecular weight excluding hydrogens is 142 g/mol. The zero-order valence-electron chi connectivity index (χ0n) is 6.90.